The van der Waals surface area contributed by atoms with E-state index in [2.05, 4.69) is 0 Å². The summed E-state index contributed by atoms with van der Waals surface area (Å²) in [7, 11) is -2.03. The smallest absolute Gasteiger partial charge is 0.316 e. The predicted molar refractivity (Wildman–Crippen MR) is 116 cm³/mol. The number of carboxylic acid groups (broad SMARTS) is 1. The van der Waals surface area contributed by atoms with Crippen LogP contribution in [-0.4, -0.2) is 42.9 Å². The van der Waals surface area contributed by atoms with Gasteiger partial charge in [-0.15, -0.1) is 11.8 Å². The fourth-order valence-corrected chi connectivity index (χ4v) is 6.05. The van der Waals surface area contributed by atoms with Crippen molar-refractivity contribution in [2.75, 3.05) is 12.9 Å². The van der Waals surface area contributed by atoms with E-state index in [0.29, 0.717) is 10.6 Å². The van der Waals surface area contributed by atoms with Crippen LogP contribution >= 0.6 is 23.4 Å². The van der Waals surface area contributed by atoms with Crippen LogP contribution in [-0.2, 0) is 19.4 Å². The first-order valence-electron chi connectivity index (χ1n) is 8.92. The Morgan fingerprint density at radius 3 is 2.48 bits per heavy atom. The van der Waals surface area contributed by atoms with Crippen molar-refractivity contribution >= 4 is 44.7 Å². The maximum Gasteiger partial charge on any atom is 0.316 e. The highest BCUT2D eigenvalue weighted by molar-refractivity contribution is 8.01. The Bertz CT molecular complexity index is 1030. The van der Waals surface area contributed by atoms with E-state index in [1.54, 1.807) is 26.2 Å². The molecule has 0 aromatic heterocycles. The van der Waals surface area contributed by atoms with Crippen LogP contribution in [0.4, 0.5) is 0 Å². The standard InChI is InChI=1S/C21H21ClO5S2/c1-13(21(23)24)28-19-11-14(17-5-3-4-6-18(17)20(19)27-2)12-29(25,26)16-9-7-15(22)8-10-16/h3-11,13,19-20H,12H2,1-2H3,(H,23,24). The van der Waals surface area contributed by atoms with Gasteiger partial charge >= 0.3 is 5.97 Å². The second kappa shape index (κ2) is 8.92. The number of halogens is 1. The molecule has 0 radical (unpaired) electrons. The summed E-state index contributed by atoms with van der Waals surface area (Å²) < 4.78 is 31.7. The lowest BCUT2D eigenvalue weighted by molar-refractivity contribution is -0.136. The van der Waals surface area contributed by atoms with Crippen LogP contribution in [0.25, 0.3) is 5.57 Å². The first-order chi connectivity index (χ1) is 13.7. The summed E-state index contributed by atoms with van der Waals surface area (Å²) >= 11 is 7.11. The molecule has 0 saturated heterocycles. The van der Waals surface area contributed by atoms with Gasteiger partial charge in [0, 0.05) is 12.1 Å². The third-order valence-corrected chi connectivity index (χ3v) is 8.00. The fourth-order valence-electron chi connectivity index (χ4n) is 3.31. The van der Waals surface area contributed by atoms with Crippen LogP contribution in [0.3, 0.4) is 0 Å². The molecule has 0 aliphatic heterocycles. The Hall–Kier alpha value is -1.80. The lowest BCUT2D eigenvalue weighted by atomic mass is 9.89. The Morgan fingerprint density at radius 2 is 1.86 bits per heavy atom. The Balaban J connectivity index is 2.01. The van der Waals surface area contributed by atoms with Gasteiger partial charge in [-0.25, -0.2) is 8.42 Å². The molecule has 0 spiro atoms. The zero-order valence-corrected chi connectivity index (χ0v) is 18.3. The van der Waals surface area contributed by atoms with E-state index >= 15 is 0 Å². The predicted octanol–water partition coefficient (Wildman–Crippen LogP) is 4.47. The molecule has 5 nitrogen and oxygen atoms in total. The van der Waals surface area contributed by atoms with Crippen LogP contribution in [0.15, 0.2) is 59.5 Å². The van der Waals surface area contributed by atoms with Gasteiger partial charge in [-0.3, -0.25) is 4.79 Å². The normalized spacial score (nSPS) is 19.9. The average molecular weight is 453 g/mol. The minimum atomic E-state index is -3.61. The van der Waals surface area contributed by atoms with E-state index in [0.717, 1.165) is 11.1 Å². The quantitative estimate of drug-likeness (QED) is 0.667. The summed E-state index contributed by atoms with van der Waals surface area (Å²) in [5.74, 6) is -1.12. The van der Waals surface area contributed by atoms with E-state index < -0.39 is 21.1 Å². The Labute approximate surface area is 179 Å². The van der Waals surface area contributed by atoms with E-state index in [1.165, 1.54) is 23.9 Å². The maximum atomic E-state index is 13.0. The number of methoxy groups -OCH3 is 1. The molecular formula is C21H21ClO5S2. The number of hydrogen-bond donors (Lipinski definition) is 1. The third-order valence-electron chi connectivity index (χ3n) is 4.76. The summed E-state index contributed by atoms with van der Waals surface area (Å²) in [5, 5.41) is 8.79. The summed E-state index contributed by atoms with van der Waals surface area (Å²) in [6, 6.07) is 13.5. The minimum Gasteiger partial charge on any atom is -0.480 e. The first kappa shape index (κ1) is 21.9. The van der Waals surface area contributed by atoms with Gasteiger partial charge in [0.1, 0.15) is 5.25 Å². The van der Waals surface area contributed by atoms with Crippen molar-refractivity contribution in [3.63, 3.8) is 0 Å². The monoisotopic (exact) mass is 452 g/mol. The van der Waals surface area contributed by atoms with Gasteiger partial charge in [0.15, 0.2) is 9.84 Å². The number of aliphatic carboxylic acids is 1. The number of fused-ring (bicyclic) bond motifs is 1. The van der Waals surface area contributed by atoms with Crippen molar-refractivity contribution in [2.45, 2.75) is 28.4 Å². The van der Waals surface area contributed by atoms with Crippen LogP contribution in [0, 0.1) is 0 Å². The molecule has 2 aromatic carbocycles. The number of carbonyl (C=O) groups is 1. The lowest BCUT2D eigenvalue weighted by Gasteiger charge is -2.32. The van der Waals surface area contributed by atoms with Crippen LogP contribution in [0.2, 0.25) is 5.02 Å². The van der Waals surface area contributed by atoms with E-state index in [1.807, 2.05) is 30.3 Å². The zero-order valence-electron chi connectivity index (χ0n) is 15.9. The minimum absolute atomic E-state index is 0.192. The van der Waals surface area contributed by atoms with E-state index in [4.69, 9.17) is 16.3 Å². The number of benzene rings is 2. The molecule has 0 saturated carbocycles. The zero-order chi connectivity index (χ0) is 21.2. The van der Waals surface area contributed by atoms with Crippen molar-refractivity contribution in [3.05, 3.63) is 70.8 Å². The SMILES string of the molecule is COC1c2ccccc2C(CS(=O)(=O)c2ccc(Cl)cc2)=CC1SC(C)C(=O)O. The molecule has 3 unspecified atom stereocenters. The van der Waals surface area contributed by atoms with Crippen LogP contribution < -0.4 is 0 Å². The number of rotatable bonds is 7. The Morgan fingerprint density at radius 1 is 1.21 bits per heavy atom. The molecule has 1 N–H and O–H groups in total. The van der Waals surface area contributed by atoms with Gasteiger partial charge in [0.05, 0.1) is 22.0 Å². The van der Waals surface area contributed by atoms with E-state index in [9.17, 15) is 18.3 Å². The van der Waals surface area contributed by atoms with Crippen molar-refractivity contribution in [1.29, 1.82) is 0 Å². The maximum absolute atomic E-state index is 13.0. The van der Waals surface area contributed by atoms with Gasteiger partial charge < -0.3 is 9.84 Å². The molecule has 8 heteroatoms. The molecule has 0 heterocycles. The van der Waals surface area contributed by atoms with Crippen LogP contribution in [0.1, 0.15) is 24.2 Å². The highest BCUT2D eigenvalue weighted by Gasteiger charge is 2.33. The molecule has 3 rings (SSSR count). The number of sulfone groups is 1. The topological polar surface area (TPSA) is 80.7 Å². The molecule has 154 valence electrons. The molecule has 29 heavy (non-hydrogen) atoms. The number of thioether (sulfide) groups is 1. The molecule has 1 aliphatic carbocycles. The second-order valence-corrected chi connectivity index (χ2v) is 10.7. The third kappa shape index (κ3) is 4.86. The molecule has 3 atom stereocenters. The highest BCUT2D eigenvalue weighted by Crippen LogP contribution is 2.42. The summed E-state index contributed by atoms with van der Waals surface area (Å²) in [5.41, 5.74) is 2.30. The Kier molecular flexibility index (Phi) is 6.73. The fraction of sp³-hybridized carbons (Fsp3) is 0.286. The number of carboxylic acids is 1. The van der Waals surface area contributed by atoms with Gasteiger partial charge in [-0.2, -0.15) is 0 Å². The van der Waals surface area contributed by atoms with Crippen molar-refractivity contribution < 1.29 is 23.1 Å². The second-order valence-electron chi connectivity index (χ2n) is 6.73. The number of ether oxygens (including phenoxy) is 1. The van der Waals surface area contributed by atoms with Crippen LogP contribution in [0.5, 0.6) is 0 Å². The molecule has 1 aliphatic rings. The highest BCUT2D eigenvalue weighted by atomic mass is 35.5. The molecule has 0 fully saturated rings. The molecule has 2 aromatic rings. The van der Waals surface area contributed by atoms with Gasteiger partial charge in [-0.1, -0.05) is 41.9 Å². The average Bonchev–Trinajstić information content (AvgIpc) is 2.68. The molecular weight excluding hydrogens is 432 g/mol. The lowest BCUT2D eigenvalue weighted by Crippen LogP contribution is -2.26. The first-order valence-corrected chi connectivity index (χ1v) is 11.9. The van der Waals surface area contributed by atoms with Gasteiger partial charge in [-0.05, 0) is 47.9 Å². The molecule has 0 amide bonds. The largest absolute Gasteiger partial charge is 0.480 e. The van der Waals surface area contributed by atoms with Crippen molar-refractivity contribution in [1.82, 2.24) is 0 Å². The van der Waals surface area contributed by atoms with Gasteiger partial charge in [0.25, 0.3) is 0 Å². The number of hydrogen-bond acceptors (Lipinski definition) is 5. The van der Waals surface area contributed by atoms with E-state index in [-0.39, 0.29) is 22.0 Å². The summed E-state index contributed by atoms with van der Waals surface area (Å²) in [6.07, 6.45) is 1.47. The molecule has 0 bridgehead atoms. The van der Waals surface area contributed by atoms with Gasteiger partial charge in [0.2, 0.25) is 0 Å². The van der Waals surface area contributed by atoms with Crippen molar-refractivity contribution in [2.24, 2.45) is 0 Å². The van der Waals surface area contributed by atoms with Crippen molar-refractivity contribution in [3.8, 4) is 0 Å². The summed E-state index contributed by atoms with van der Waals surface area (Å²) in [4.78, 5) is 11.5. The summed E-state index contributed by atoms with van der Waals surface area (Å²) in [6.45, 7) is 1.61.